The van der Waals surface area contributed by atoms with Gasteiger partial charge in [0, 0.05) is 74.8 Å². The molecule has 0 aliphatic heterocycles. The van der Waals surface area contributed by atoms with Crippen molar-refractivity contribution >= 4 is 55.5 Å². The van der Waals surface area contributed by atoms with Crippen molar-refractivity contribution in [3.05, 3.63) is 176 Å². The van der Waals surface area contributed by atoms with E-state index in [2.05, 4.69) is 65.7 Å². The zero-order valence-electron chi connectivity index (χ0n) is 29.3. The summed E-state index contributed by atoms with van der Waals surface area (Å²) in [5.41, 5.74) is 8.68. The van der Waals surface area contributed by atoms with Crippen LogP contribution in [0.2, 0.25) is 0 Å². The third-order valence-corrected chi connectivity index (χ3v) is 9.82. The Bertz CT molecular complexity index is 3120. The molecule has 0 saturated heterocycles. The summed E-state index contributed by atoms with van der Waals surface area (Å²) < 4.78 is 11.0. The van der Waals surface area contributed by atoms with E-state index < -0.39 is 0 Å². The highest BCUT2D eigenvalue weighted by Gasteiger charge is 2.22. The smallest absolute Gasteiger partial charge is 0.248 e. The number of aromatic nitrogens is 7. The summed E-state index contributed by atoms with van der Waals surface area (Å²) in [4.78, 5) is 13.5. The number of nitrogens with zero attached hydrogens (tertiary/aromatic N) is 7. The first kappa shape index (κ1) is 31.9. The Kier molecular flexibility index (Phi) is 7.73. The third-order valence-electron chi connectivity index (χ3n) is 9.82. The number of allylic oxidation sites excluding steroid dienone is 3. The topological polar surface area (TPSA) is 111 Å². The van der Waals surface area contributed by atoms with E-state index in [1.54, 1.807) is 24.7 Å². The molecule has 4 aromatic carbocycles. The molecule has 0 unspecified atom stereocenters. The lowest BCUT2D eigenvalue weighted by molar-refractivity contribution is 0.586. The molecule has 6 aromatic heterocycles. The molecule has 0 radical (unpaired) electrons. The summed E-state index contributed by atoms with van der Waals surface area (Å²) in [6.07, 6.45) is 14.6. The van der Waals surface area contributed by atoms with Gasteiger partial charge >= 0.3 is 0 Å². The van der Waals surface area contributed by atoms with Crippen molar-refractivity contribution in [2.45, 2.75) is 0 Å². The van der Waals surface area contributed by atoms with Crippen LogP contribution in [-0.4, -0.2) is 40.0 Å². The monoisotopic (exact) mass is 710 g/mol. The number of hydrogen-bond donors (Lipinski definition) is 1. The maximum atomic E-state index is 8.40. The zero-order chi connectivity index (χ0) is 36.7. The fourth-order valence-electron chi connectivity index (χ4n) is 7.40. The van der Waals surface area contributed by atoms with Gasteiger partial charge in [0.15, 0.2) is 0 Å². The van der Waals surface area contributed by atoms with Crippen LogP contribution in [0.15, 0.2) is 175 Å². The third kappa shape index (κ3) is 5.50. The fourth-order valence-corrected chi connectivity index (χ4v) is 7.40. The summed E-state index contributed by atoms with van der Waals surface area (Å²) in [5, 5.41) is 21.8. The lowest BCUT2D eigenvalue weighted by Gasteiger charge is -2.09. The first-order valence-corrected chi connectivity index (χ1v) is 17.8. The van der Waals surface area contributed by atoms with Crippen LogP contribution in [0.25, 0.3) is 89.8 Å². The molecule has 0 aliphatic carbocycles. The van der Waals surface area contributed by atoms with Crippen LogP contribution >= 0.6 is 0 Å². The lowest BCUT2D eigenvalue weighted by Crippen LogP contribution is -1.98. The molecule has 0 amide bonds. The second-order valence-electron chi connectivity index (χ2n) is 13.0. The summed E-state index contributed by atoms with van der Waals surface area (Å²) in [6, 6.07) is 42.6. The van der Waals surface area contributed by atoms with Crippen molar-refractivity contribution in [2.75, 3.05) is 0 Å². The highest BCUT2D eigenvalue weighted by molar-refractivity contribution is 6.16. The SMILES string of the molecule is N=C(/C=C\C=C\n1c2ccccc2c2c(-c3nnc(-c4cccc5c4c4ccccc4n5-c4cccc(-c5cccnc5)n4)o3)cccc21)c1cccnc1. The van der Waals surface area contributed by atoms with E-state index in [9.17, 15) is 0 Å². The number of fused-ring (bicyclic) bond motifs is 6. The molecule has 0 bridgehead atoms. The Morgan fingerprint density at radius 3 is 1.98 bits per heavy atom. The summed E-state index contributed by atoms with van der Waals surface area (Å²) in [6.45, 7) is 0. The van der Waals surface area contributed by atoms with Gasteiger partial charge in [-0.3, -0.25) is 14.5 Å². The molecule has 0 fully saturated rings. The first-order chi connectivity index (χ1) is 27.2. The van der Waals surface area contributed by atoms with Crippen LogP contribution in [0, 0.1) is 5.41 Å². The predicted molar refractivity (Wildman–Crippen MR) is 219 cm³/mol. The van der Waals surface area contributed by atoms with Crippen molar-refractivity contribution in [3.8, 4) is 40.0 Å². The lowest BCUT2D eigenvalue weighted by atomic mass is 10.1. The molecule has 6 heterocycles. The molecule has 1 N–H and O–H groups in total. The van der Waals surface area contributed by atoms with Gasteiger partial charge in [-0.25, -0.2) is 4.98 Å². The zero-order valence-corrected chi connectivity index (χ0v) is 29.3. The molecule has 0 spiro atoms. The Balaban J connectivity index is 1.07. The highest BCUT2D eigenvalue weighted by Crippen LogP contribution is 2.41. The van der Waals surface area contributed by atoms with Crippen LogP contribution in [0.4, 0.5) is 0 Å². The molecule has 0 saturated carbocycles. The van der Waals surface area contributed by atoms with Gasteiger partial charge in [-0.05, 0) is 84.9 Å². The number of para-hydroxylation sites is 2. The average molecular weight is 711 g/mol. The predicted octanol–water partition coefficient (Wildman–Crippen LogP) is 10.6. The molecular weight excluding hydrogens is 681 g/mol. The van der Waals surface area contributed by atoms with Gasteiger partial charge in [0.1, 0.15) is 5.82 Å². The van der Waals surface area contributed by atoms with Crippen LogP contribution in [0.1, 0.15) is 5.56 Å². The Hall–Kier alpha value is -7.78. The van der Waals surface area contributed by atoms with Gasteiger partial charge in [0.2, 0.25) is 11.8 Å². The van der Waals surface area contributed by atoms with E-state index in [0.717, 1.165) is 77.4 Å². The van der Waals surface area contributed by atoms with Crippen LogP contribution in [0.5, 0.6) is 0 Å². The van der Waals surface area contributed by atoms with Crippen molar-refractivity contribution < 1.29 is 4.42 Å². The standard InChI is InChI=1S/C46H30N8O/c47-36(30-12-10-25-48-28-30)18-5-6-27-53-38-20-3-1-14-32(38)43-34(16-7-22-40(43)53)45-51-52-46(55-45)35-17-8-23-41-44(35)33-15-2-4-21-39(33)54(41)42-24-9-19-37(50-42)31-13-11-26-49-29-31/h1-29,47H/b18-5-,27-6+,47-36?. The van der Waals surface area contributed by atoms with Crippen LogP contribution < -0.4 is 0 Å². The molecule has 10 aromatic rings. The normalized spacial score (nSPS) is 11.9. The maximum Gasteiger partial charge on any atom is 0.248 e. The molecule has 9 nitrogen and oxygen atoms in total. The number of benzene rings is 4. The van der Waals surface area contributed by atoms with E-state index in [1.807, 2.05) is 116 Å². The summed E-state index contributed by atoms with van der Waals surface area (Å²) in [5.74, 6) is 1.67. The largest absolute Gasteiger partial charge is 0.416 e. The molecule has 0 atom stereocenters. The number of hydrogen-bond acceptors (Lipinski definition) is 7. The van der Waals surface area contributed by atoms with Gasteiger partial charge in [0.05, 0.1) is 33.5 Å². The summed E-state index contributed by atoms with van der Waals surface area (Å²) in [7, 11) is 0. The van der Waals surface area contributed by atoms with E-state index in [0.29, 0.717) is 17.5 Å². The van der Waals surface area contributed by atoms with Gasteiger partial charge in [0.25, 0.3) is 0 Å². The number of rotatable bonds is 8. The van der Waals surface area contributed by atoms with Crippen molar-refractivity contribution in [2.24, 2.45) is 0 Å². The molecule has 10 rings (SSSR count). The highest BCUT2D eigenvalue weighted by atomic mass is 16.4. The average Bonchev–Trinajstić information content (AvgIpc) is 3.96. The molecule has 55 heavy (non-hydrogen) atoms. The Morgan fingerprint density at radius 1 is 0.582 bits per heavy atom. The molecular formula is C46H30N8O. The second-order valence-corrected chi connectivity index (χ2v) is 13.0. The molecule has 9 heteroatoms. The van der Waals surface area contributed by atoms with Crippen molar-refractivity contribution in [1.29, 1.82) is 5.41 Å². The first-order valence-electron chi connectivity index (χ1n) is 17.8. The van der Waals surface area contributed by atoms with Crippen LogP contribution in [0.3, 0.4) is 0 Å². The molecule has 260 valence electrons. The van der Waals surface area contributed by atoms with Gasteiger partial charge < -0.3 is 14.4 Å². The van der Waals surface area contributed by atoms with E-state index in [4.69, 9.17) is 14.8 Å². The van der Waals surface area contributed by atoms with Crippen molar-refractivity contribution in [3.63, 3.8) is 0 Å². The number of pyridine rings is 3. The minimum absolute atomic E-state index is 0.390. The van der Waals surface area contributed by atoms with E-state index in [1.165, 1.54) is 0 Å². The van der Waals surface area contributed by atoms with Gasteiger partial charge in [-0.1, -0.05) is 60.7 Å². The fraction of sp³-hybridized carbons (Fsp3) is 0. The van der Waals surface area contributed by atoms with E-state index >= 15 is 0 Å². The minimum atomic E-state index is 0.390. The summed E-state index contributed by atoms with van der Waals surface area (Å²) >= 11 is 0. The Morgan fingerprint density at radius 2 is 1.24 bits per heavy atom. The second kappa shape index (κ2) is 13.3. The minimum Gasteiger partial charge on any atom is -0.416 e. The quantitative estimate of drug-likeness (QED) is 0.124. The van der Waals surface area contributed by atoms with Gasteiger partial charge in [-0.2, -0.15) is 0 Å². The Labute approximate surface area is 314 Å². The molecule has 0 aliphatic rings. The maximum absolute atomic E-state index is 8.40. The van der Waals surface area contributed by atoms with Gasteiger partial charge in [-0.15, -0.1) is 10.2 Å². The van der Waals surface area contributed by atoms with E-state index in [-0.39, 0.29) is 0 Å². The number of nitrogens with one attached hydrogen (secondary N) is 1. The van der Waals surface area contributed by atoms with Crippen LogP contribution in [-0.2, 0) is 0 Å². The van der Waals surface area contributed by atoms with Crippen molar-refractivity contribution in [1.82, 2.24) is 34.3 Å².